The van der Waals surface area contributed by atoms with Crippen LogP contribution in [-0.2, 0) is 6.42 Å². The highest BCUT2D eigenvalue weighted by Crippen LogP contribution is 2.28. The van der Waals surface area contributed by atoms with E-state index in [2.05, 4.69) is 49.7 Å². The van der Waals surface area contributed by atoms with Crippen molar-refractivity contribution < 1.29 is 9.53 Å². The Morgan fingerprint density at radius 1 is 1.19 bits per heavy atom. The van der Waals surface area contributed by atoms with Gasteiger partial charge in [0.15, 0.2) is 0 Å². The number of nitrogens with one attached hydrogen (secondary N) is 2. The lowest BCUT2D eigenvalue weighted by molar-refractivity contribution is 0.0938. The van der Waals surface area contributed by atoms with E-state index in [1.54, 1.807) is 18.2 Å². The summed E-state index contributed by atoms with van der Waals surface area (Å²) in [4.78, 5) is 14.9. The van der Waals surface area contributed by atoms with Crippen LogP contribution in [0.25, 0.3) is 0 Å². The topological polar surface area (TPSA) is 53.6 Å². The van der Waals surface area contributed by atoms with Crippen LogP contribution in [0.2, 0.25) is 10.0 Å². The molecular formula is C23H26BrCl2N3O2. The molecule has 2 N–H and O–H groups in total. The van der Waals surface area contributed by atoms with Gasteiger partial charge >= 0.3 is 0 Å². The zero-order chi connectivity index (χ0) is 21.8. The number of carbonyl (C=O) groups excluding carboxylic acids is 1. The normalized spacial score (nSPS) is 21.4. The van der Waals surface area contributed by atoms with E-state index in [1.807, 2.05) is 0 Å². The van der Waals surface area contributed by atoms with Gasteiger partial charge in [0.1, 0.15) is 11.9 Å². The van der Waals surface area contributed by atoms with E-state index in [4.69, 9.17) is 27.9 Å². The third-order valence-electron chi connectivity index (χ3n) is 5.81. The van der Waals surface area contributed by atoms with E-state index in [1.165, 1.54) is 5.56 Å². The number of amides is 1. The van der Waals surface area contributed by atoms with Crippen LogP contribution < -0.4 is 15.4 Å². The fraction of sp³-hybridized carbons (Fsp3) is 0.435. The smallest absolute Gasteiger partial charge is 0.251 e. The molecular weight excluding hydrogens is 501 g/mol. The molecule has 2 aliphatic rings. The Kier molecular flexibility index (Phi) is 7.77. The number of ether oxygens (including phenoxy) is 1. The average molecular weight is 527 g/mol. The molecule has 2 aromatic carbocycles. The zero-order valence-electron chi connectivity index (χ0n) is 17.2. The second-order valence-corrected chi connectivity index (χ2v) is 9.80. The van der Waals surface area contributed by atoms with Gasteiger partial charge in [-0.1, -0.05) is 29.3 Å². The molecule has 2 heterocycles. The highest BCUT2D eigenvalue weighted by Gasteiger charge is 2.24. The largest absolute Gasteiger partial charge is 0.488 e. The molecule has 0 spiro atoms. The first-order valence-electron chi connectivity index (χ1n) is 10.6. The van der Waals surface area contributed by atoms with Gasteiger partial charge in [-0.15, -0.1) is 0 Å². The van der Waals surface area contributed by atoms with Gasteiger partial charge in [-0.3, -0.25) is 4.79 Å². The molecule has 0 bridgehead atoms. The molecule has 2 aliphatic heterocycles. The van der Waals surface area contributed by atoms with E-state index in [0.29, 0.717) is 15.6 Å². The van der Waals surface area contributed by atoms with Crippen LogP contribution in [-0.4, -0.2) is 55.7 Å². The van der Waals surface area contributed by atoms with E-state index in [9.17, 15) is 4.79 Å². The van der Waals surface area contributed by atoms with Crippen LogP contribution in [0.15, 0.2) is 40.9 Å². The molecule has 0 saturated carbocycles. The van der Waals surface area contributed by atoms with Crippen molar-refractivity contribution in [3.8, 4) is 5.75 Å². The Morgan fingerprint density at radius 2 is 2.06 bits per heavy atom. The van der Waals surface area contributed by atoms with Crippen molar-refractivity contribution in [2.45, 2.75) is 31.4 Å². The van der Waals surface area contributed by atoms with Crippen molar-refractivity contribution in [2.75, 3.05) is 32.7 Å². The van der Waals surface area contributed by atoms with Crippen molar-refractivity contribution in [2.24, 2.45) is 0 Å². The summed E-state index contributed by atoms with van der Waals surface area (Å²) in [5, 5.41) is 7.27. The lowest BCUT2D eigenvalue weighted by Crippen LogP contribution is -2.37. The van der Waals surface area contributed by atoms with Crippen LogP contribution in [0.3, 0.4) is 0 Å². The fourth-order valence-electron chi connectivity index (χ4n) is 4.05. The number of halogens is 3. The maximum absolute atomic E-state index is 12.5. The monoisotopic (exact) mass is 525 g/mol. The Hall–Kier alpha value is -1.31. The molecule has 1 amide bonds. The van der Waals surface area contributed by atoms with Gasteiger partial charge in [-0.25, -0.2) is 0 Å². The second kappa shape index (κ2) is 10.5. The summed E-state index contributed by atoms with van der Waals surface area (Å²) in [6, 6.07) is 11.5. The SMILES string of the molecule is O=C(N[C@H]1CCN(CCc2ccc(O[C@@H]3CCNC3)c(Br)c2)C1)c1ccc(Cl)c(Cl)c1. The predicted octanol–water partition coefficient (Wildman–Crippen LogP) is 4.54. The molecule has 0 aliphatic carbocycles. The highest BCUT2D eigenvalue weighted by molar-refractivity contribution is 9.10. The summed E-state index contributed by atoms with van der Waals surface area (Å²) in [6.07, 6.45) is 3.20. The zero-order valence-corrected chi connectivity index (χ0v) is 20.3. The van der Waals surface area contributed by atoms with Crippen molar-refractivity contribution in [1.29, 1.82) is 0 Å². The molecule has 31 heavy (non-hydrogen) atoms. The minimum absolute atomic E-state index is 0.109. The predicted molar refractivity (Wildman–Crippen MR) is 129 cm³/mol. The van der Waals surface area contributed by atoms with Crippen molar-refractivity contribution >= 4 is 45.0 Å². The summed E-state index contributed by atoms with van der Waals surface area (Å²) >= 11 is 15.6. The Morgan fingerprint density at radius 3 is 2.81 bits per heavy atom. The number of hydrogen-bond donors (Lipinski definition) is 2. The van der Waals surface area contributed by atoms with Gasteiger partial charge in [0, 0.05) is 37.8 Å². The van der Waals surface area contributed by atoms with Crippen LogP contribution in [0.5, 0.6) is 5.75 Å². The molecule has 0 unspecified atom stereocenters. The van der Waals surface area contributed by atoms with E-state index < -0.39 is 0 Å². The molecule has 2 atom stereocenters. The molecule has 2 saturated heterocycles. The number of benzene rings is 2. The molecule has 8 heteroatoms. The van der Waals surface area contributed by atoms with Gasteiger partial charge in [0.05, 0.1) is 14.5 Å². The second-order valence-electron chi connectivity index (χ2n) is 8.14. The van der Waals surface area contributed by atoms with E-state index in [0.717, 1.165) is 62.2 Å². The lowest BCUT2D eigenvalue weighted by Gasteiger charge is -2.18. The quantitative estimate of drug-likeness (QED) is 0.556. The summed E-state index contributed by atoms with van der Waals surface area (Å²) < 4.78 is 7.07. The number of likely N-dealkylation sites (tertiary alicyclic amines) is 1. The summed E-state index contributed by atoms with van der Waals surface area (Å²) in [5.74, 6) is 0.797. The maximum Gasteiger partial charge on any atom is 0.251 e. The first kappa shape index (κ1) is 22.9. The van der Waals surface area contributed by atoms with Crippen LogP contribution >= 0.6 is 39.1 Å². The van der Waals surface area contributed by atoms with Gasteiger partial charge < -0.3 is 20.3 Å². The number of rotatable bonds is 7. The van der Waals surface area contributed by atoms with Gasteiger partial charge in [-0.2, -0.15) is 0 Å². The van der Waals surface area contributed by atoms with Crippen LogP contribution in [0.1, 0.15) is 28.8 Å². The number of hydrogen-bond acceptors (Lipinski definition) is 4. The molecule has 4 rings (SSSR count). The average Bonchev–Trinajstić information content (AvgIpc) is 3.42. The molecule has 0 radical (unpaired) electrons. The van der Waals surface area contributed by atoms with Gasteiger partial charge in [-0.05, 0) is 77.6 Å². The molecule has 0 aromatic heterocycles. The Bertz CT molecular complexity index is 937. The van der Waals surface area contributed by atoms with E-state index in [-0.39, 0.29) is 18.1 Å². The summed E-state index contributed by atoms with van der Waals surface area (Å²) in [6.45, 7) is 4.71. The van der Waals surface area contributed by atoms with Gasteiger partial charge in [0.25, 0.3) is 5.91 Å². The Labute approximate surface area is 201 Å². The van der Waals surface area contributed by atoms with Crippen LogP contribution in [0.4, 0.5) is 0 Å². The summed E-state index contributed by atoms with van der Waals surface area (Å²) in [5.41, 5.74) is 1.81. The molecule has 2 fully saturated rings. The van der Waals surface area contributed by atoms with Crippen molar-refractivity contribution in [3.63, 3.8) is 0 Å². The van der Waals surface area contributed by atoms with E-state index >= 15 is 0 Å². The first-order valence-corrected chi connectivity index (χ1v) is 12.2. The van der Waals surface area contributed by atoms with Gasteiger partial charge in [0.2, 0.25) is 0 Å². The van der Waals surface area contributed by atoms with Crippen LogP contribution in [0, 0.1) is 0 Å². The third-order valence-corrected chi connectivity index (χ3v) is 7.17. The molecule has 166 valence electrons. The first-order chi connectivity index (χ1) is 15.0. The van der Waals surface area contributed by atoms with Crippen molar-refractivity contribution in [1.82, 2.24) is 15.5 Å². The minimum Gasteiger partial charge on any atom is -0.488 e. The van der Waals surface area contributed by atoms with Crippen molar-refractivity contribution in [3.05, 3.63) is 62.0 Å². The molecule has 2 aromatic rings. The number of nitrogens with zero attached hydrogens (tertiary/aromatic N) is 1. The summed E-state index contributed by atoms with van der Waals surface area (Å²) in [7, 11) is 0. The standard InChI is InChI=1S/C23H26BrCl2N3O2/c24-19-11-15(1-4-22(19)31-18-5-8-27-13-18)6-9-29-10-7-17(14-29)28-23(30)16-2-3-20(25)21(26)12-16/h1-4,11-12,17-18,27H,5-10,13-14H2,(H,28,30)/t17-,18+/m0/s1. The molecule has 5 nitrogen and oxygen atoms in total. The minimum atomic E-state index is -0.109. The third kappa shape index (κ3) is 6.14. The number of carbonyl (C=O) groups is 1. The highest BCUT2D eigenvalue weighted by atomic mass is 79.9. The fourth-order valence-corrected chi connectivity index (χ4v) is 4.87. The Balaban J connectivity index is 1.24. The lowest BCUT2D eigenvalue weighted by atomic mass is 10.1. The maximum atomic E-state index is 12.5.